The standard InChI is InChI=1S/C13H8ClF3N2O2/c14-7-2-1-3-8(6-7)19-11-10(12(20)21)9(4-5-18-11)13(15,16)17/h1-6H,(H,18,19)(H,20,21). The highest BCUT2D eigenvalue weighted by Crippen LogP contribution is 2.35. The van der Waals surface area contributed by atoms with Gasteiger partial charge < -0.3 is 10.4 Å². The number of aromatic carboxylic acids is 1. The maximum Gasteiger partial charge on any atom is 0.417 e. The molecule has 0 saturated carbocycles. The summed E-state index contributed by atoms with van der Waals surface area (Å²) in [6, 6.07) is 6.73. The number of aromatic nitrogens is 1. The average molecular weight is 317 g/mol. The number of rotatable bonds is 3. The molecule has 0 unspecified atom stereocenters. The Balaban J connectivity index is 2.51. The monoisotopic (exact) mass is 316 g/mol. The van der Waals surface area contributed by atoms with Gasteiger partial charge in [-0.05, 0) is 24.3 Å². The van der Waals surface area contributed by atoms with Gasteiger partial charge in [0.2, 0.25) is 0 Å². The topological polar surface area (TPSA) is 62.2 Å². The highest BCUT2D eigenvalue weighted by molar-refractivity contribution is 6.30. The van der Waals surface area contributed by atoms with Gasteiger partial charge in [0.05, 0.1) is 5.56 Å². The van der Waals surface area contributed by atoms with Crippen molar-refractivity contribution in [1.29, 1.82) is 0 Å². The summed E-state index contributed by atoms with van der Waals surface area (Å²) in [7, 11) is 0. The van der Waals surface area contributed by atoms with Crippen LogP contribution in [-0.2, 0) is 6.18 Å². The van der Waals surface area contributed by atoms with Gasteiger partial charge in [-0.25, -0.2) is 9.78 Å². The summed E-state index contributed by atoms with van der Waals surface area (Å²) in [6.07, 6.45) is -3.90. The van der Waals surface area contributed by atoms with Crippen LogP contribution in [0.25, 0.3) is 0 Å². The Morgan fingerprint density at radius 1 is 1.29 bits per heavy atom. The molecule has 0 aliphatic rings. The fraction of sp³-hybridized carbons (Fsp3) is 0.0769. The highest BCUT2D eigenvalue weighted by atomic mass is 35.5. The molecule has 0 atom stereocenters. The van der Waals surface area contributed by atoms with Crippen LogP contribution in [0.3, 0.4) is 0 Å². The molecule has 2 rings (SSSR count). The van der Waals surface area contributed by atoms with Crippen molar-refractivity contribution >= 4 is 29.1 Å². The number of benzene rings is 1. The van der Waals surface area contributed by atoms with Gasteiger partial charge in [-0.2, -0.15) is 13.2 Å². The summed E-state index contributed by atoms with van der Waals surface area (Å²) >= 11 is 5.76. The molecule has 0 fully saturated rings. The lowest BCUT2D eigenvalue weighted by Crippen LogP contribution is -2.15. The van der Waals surface area contributed by atoms with Crippen molar-refractivity contribution in [2.45, 2.75) is 6.18 Å². The van der Waals surface area contributed by atoms with Crippen molar-refractivity contribution in [3.63, 3.8) is 0 Å². The number of carboxylic acids is 1. The quantitative estimate of drug-likeness (QED) is 0.891. The molecule has 110 valence electrons. The third kappa shape index (κ3) is 3.43. The second kappa shape index (κ2) is 5.61. The van der Waals surface area contributed by atoms with Crippen molar-refractivity contribution < 1.29 is 23.1 Å². The number of pyridine rings is 1. The van der Waals surface area contributed by atoms with Crippen LogP contribution < -0.4 is 5.32 Å². The average Bonchev–Trinajstić information content (AvgIpc) is 2.37. The Bertz CT molecular complexity index is 689. The van der Waals surface area contributed by atoms with Gasteiger partial charge in [-0.1, -0.05) is 17.7 Å². The zero-order valence-electron chi connectivity index (χ0n) is 10.3. The van der Waals surface area contributed by atoms with E-state index in [4.69, 9.17) is 16.7 Å². The van der Waals surface area contributed by atoms with Crippen molar-refractivity contribution in [3.05, 3.63) is 52.7 Å². The molecule has 0 spiro atoms. The number of hydrogen-bond donors (Lipinski definition) is 2. The zero-order valence-corrected chi connectivity index (χ0v) is 11.0. The van der Waals surface area contributed by atoms with Gasteiger partial charge in [0.15, 0.2) is 0 Å². The van der Waals surface area contributed by atoms with Crippen molar-refractivity contribution in [3.8, 4) is 0 Å². The Labute approximate surface area is 122 Å². The first kappa shape index (κ1) is 15.1. The third-order valence-electron chi connectivity index (χ3n) is 2.56. The number of nitrogens with zero attached hydrogens (tertiary/aromatic N) is 1. The van der Waals surface area contributed by atoms with Gasteiger partial charge in [-0.15, -0.1) is 0 Å². The molecule has 0 radical (unpaired) electrons. The Kier molecular flexibility index (Phi) is 4.04. The first-order valence-corrected chi connectivity index (χ1v) is 5.99. The van der Waals surface area contributed by atoms with Crippen LogP contribution in [0.1, 0.15) is 15.9 Å². The SMILES string of the molecule is O=C(O)c1c(C(F)(F)F)ccnc1Nc1cccc(Cl)c1. The van der Waals surface area contributed by atoms with Crippen LogP contribution in [0, 0.1) is 0 Å². The number of hydrogen-bond acceptors (Lipinski definition) is 3. The third-order valence-corrected chi connectivity index (χ3v) is 2.79. The molecule has 1 aromatic heterocycles. The smallest absolute Gasteiger partial charge is 0.417 e. The van der Waals surface area contributed by atoms with E-state index in [1.165, 1.54) is 12.1 Å². The molecule has 21 heavy (non-hydrogen) atoms. The van der Waals surface area contributed by atoms with Gasteiger partial charge in [0, 0.05) is 16.9 Å². The minimum absolute atomic E-state index is 0.330. The molecule has 2 N–H and O–H groups in total. The van der Waals surface area contributed by atoms with Gasteiger partial charge in [-0.3, -0.25) is 0 Å². The normalized spacial score (nSPS) is 11.2. The number of anilines is 2. The molecule has 4 nitrogen and oxygen atoms in total. The lowest BCUT2D eigenvalue weighted by molar-refractivity contribution is -0.138. The predicted molar refractivity (Wildman–Crippen MR) is 70.9 cm³/mol. The van der Waals surface area contributed by atoms with E-state index >= 15 is 0 Å². The Morgan fingerprint density at radius 2 is 2.00 bits per heavy atom. The summed E-state index contributed by atoms with van der Waals surface area (Å²) in [6.45, 7) is 0. The number of carboxylic acid groups (broad SMARTS) is 1. The van der Waals surface area contributed by atoms with Crippen LogP contribution in [0.15, 0.2) is 36.5 Å². The Hall–Kier alpha value is -2.28. The minimum atomic E-state index is -4.79. The van der Waals surface area contributed by atoms with E-state index in [-0.39, 0.29) is 0 Å². The minimum Gasteiger partial charge on any atom is -0.478 e. The molecule has 0 aliphatic heterocycles. The second-order valence-electron chi connectivity index (χ2n) is 4.02. The first-order valence-electron chi connectivity index (χ1n) is 5.61. The van der Waals surface area contributed by atoms with Crippen LogP contribution in [0.5, 0.6) is 0 Å². The van der Waals surface area contributed by atoms with E-state index in [0.717, 1.165) is 6.20 Å². The molecular formula is C13H8ClF3N2O2. The number of halogens is 4. The van der Waals surface area contributed by atoms with Crippen molar-refractivity contribution in [2.75, 3.05) is 5.32 Å². The molecule has 0 aliphatic carbocycles. The van der Waals surface area contributed by atoms with Crippen LogP contribution in [0.4, 0.5) is 24.7 Å². The fourth-order valence-corrected chi connectivity index (χ4v) is 1.90. The molecule has 0 amide bonds. The van der Waals surface area contributed by atoms with Gasteiger partial charge >= 0.3 is 12.1 Å². The van der Waals surface area contributed by atoms with Crippen molar-refractivity contribution in [2.24, 2.45) is 0 Å². The molecule has 0 bridgehead atoms. The summed E-state index contributed by atoms with van der Waals surface area (Å²) in [5.74, 6) is -2.13. The van der Waals surface area contributed by atoms with Gasteiger partial charge in [0.1, 0.15) is 11.4 Å². The van der Waals surface area contributed by atoms with E-state index in [1.54, 1.807) is 12.1 Å². The summed E-state index contributed by atoms with van der Waals surface area (Å²) in [5.41, 5.74) is -1.88. The molecule has 8 heteroatoms. The largest absolute Gasteiger partial charge is 0.478 e. The van der Waals surface area contributed by atoms with E-state index < -0.39 is 29.1 Å². The highest BCUT2D eigenvalue weighted by Gasteiger charge is 2.37. The Morgan fingerprint density at radius 3 is 2.57 bits per heavy atom. The molecule has 1 heterocycles. The molecule has 0 saturated heterocycles. The van der Waals surface area contributed by atoms with E-state index in [2.05, 4.69) is 10.3 Å². The van der Waals surface area contributed by atoms with Crippen LogP contribution in [-0.4, -0.2) is 16.1 Å². The second-order valence-corrected chi connectivity index (χ2v) is 4.46. The summed E-state index contributed by atoms with van der Waals surface area (Å²) in [4.78, 5) is 14.8. The van der Waals surface area contributed by atoms with Crippen LogP contribution >= 0.6 is 11.6 Å². The molecule has 1 aromatic carbocycles. The summed E-state index contributed by atoms with van der Waals surface area (Å²) < 4.78 is 38.6. The maximum atomic E-state index is 12.9. The zero-order chi connectivity index (χ0) is 15.6. The first-order chi connectivity index (χ1) is 9.79. The fourth-order valence-electron chi connectivity index (χ4n) is 1.71. The number of nitrogens with one attached hydrogen (secondary N) is 1. The lowest BCUT2D eigenvalue weighted by Gasteiger charge is -2.14. The van der Waals surface area contributed by atoms with Crippen molar-refractivity contribution in [1.82, 2.24) is 4.98 Å². The maximum absolute atomic E-state index is 12.9. The summed E-state index contributed by atoms with van der Waals surface area (Å²) in [5, 5.41) is 11.9. The van der Waals surface area contributed by atoms with E-state index in [9.17, 15) is 18.0 Å². The molecular weight excluding hydrogens is 309 g/mol. The number of carbonyl (C=O) groups is 1. The van der Waals surface area contributed by atoms with E-state index in [0.29, 0.717) is 16.8 Å². The predicted octanol–water partition coefficient (Wildman–Crippen LogP) is 4.20. The lowest BCUT2D eigenvalue weighted by atomic mass is 10.1. The van der Waals surface area contributed by atoms with Crippen LogP contribution in [0.2, 0.25) is 5.02 Å². The van der Waals surface area contributed by atoms with Gasteiger partial charge in [0.25, 0.3) is 0 Å². The van der Waals surface area contributed by atoms with E-state index in [1.807, 2.05) is 0 Å². The molecule has 2 aromatic rings. The number of alkyl halides is 3.